The van der Waals surface area contributed by atoms with Crippen LogP contribution >= 0.6 is 11.8 Å². The molecule has 1 saturated heterocycles. The van der Waals surface area contributed by atoms with Crippen LogP contribution < -0.4 is 0 Å². The fourth-order valence-electron chi connectivity index (χ4n) is 0.542. The molecule has 0 amide bonds. The van der Waals surface area contributed by atoms with Gasteiger partial charge in [-0.15, -0.1) is 0 Å². The van der Waals surface area contributed by atoms with Gasteiger partial charge in [0.25, 0.3) is 0 Å². The molecule has 0 N–H and O–H groups in total. The highest BCUT2D eigenvalue weighted by atomic mass is 32.2. The monoisotopic (exact) mass is 115 g/mol. The first-order chi connectivity index (χ1) is 3.29. The summed E-state index contributed by atoms with van der Waals surface area (Å²) in [6.07, 6.45) is 1.77. The molecule has 0 aliphatic carbocycles. The van der Waals surface area contributed by atoms with Crippen LogP contribution in [-0.2, 0) is 4.79 Å². The highest BCUT2D eigenvalue weighted by molar-refractivity contribution is 8.14. The summed E-state index contributed by atoms with van der Waals surface area (Å²) >= 11 is 1.41. The molecule has 0 aromatic rings. The Labute approximate surface area is 47.5 Å². The first kappa shape index (κ1) is 5.16. The van der Waals surface area contributed by atoms with Crippen molar-refractivity contribution in [2.75, 3.05) is 5.75 Å². The Morgan fingerprint density at radius 3 is 2.86 bits per heavy atom. The minimum Gasteiger partial charge on any atom is -0.287 e. The predicted octanol–water partition coefficient (Wildman–Crippen LogP) is 1.10. The van der Waals surface area contributed by atoms with E-state index in [1.807, 2.05) is 0 Å². The highest BCUT2D eigenvalue weighted by Crippen LogP contribution is 2.22. The molecule has 1 nitrogen and oxygen atoms in total. The minimum atomic E-state index is 0.243. The van der Waals surface area contributed by atoms with Crippen LogP contribution in [0.1, 0.15) is 6.92 Å². The smallest absolute Gasteiger partial charge is 0.193 e. The van der Waals surface area contributed by atoms with Gasteiger partial charge in [-0.3, -0.25) is 4.79 Å². The lowest BCUT2D eigenvalue weighted by atomic mass is 10.2. The molecule has 0 aromatic carbocycles. The zero-order valence-electron chi connectivity index (χ0n) is 4.18. The van der Waals surface area contributed by atoms with Gasteiger partial charge >= 0.3 is 0 Å². The van der Waals surface area contributed by atoms with E-state index in [2.05, 4.69) is 6.92 Å². The van der Waals surface area contributed by atoms with Crippen LogP contribution in [0.3, 0.4) is 0 Å². The molecule has 1 aliphatic rings. The Hall–Kier alpha value is 0.0200. The molecule has 1 radical (unpaired) electrons. The third-order valence-corrected chi connectivity index (χ3v) is 2.02. The first-order valence-corrected chi connectivity index (χ1v) is 3.29. The maximum absolute atomic E-state index is 10.4. The van der Waals surface area contributed by atoms with E-state index in [4.69, 9.17) is 0 Å². The average Bonchev–Trinajstić information content (AvgIpc) is 1.87. The Bertz CT molecular complexity index is 90.1. The van der Waals surface area contributed by atoms with Gasteiger partial charge in [0.05, 0.1) is 0 Å². The van der Waals surface area contributed by atoms with Crippen molar-refractivity contribution in [2.45, 2.75) is 6.92 Å². The van der Waals surface area contributed by atoms with Gasteiger partial charge in [0.2, 0.25) is 0 Å². The summed E-state index contributed by atoms with van der Waals surface area (Å²) in [4.78, 5) is 10.4. The van der Waals surface area contributed by atoms with E-state index in [-0.39, 0.29) is 5.12 Å². The maximum Gasteiger partial charge on any atom is 0.193 e. The van der Waals surface area contributed by atoms with Crippen LogP contribution in [0.5, 0.6) is 0 Å². The quantitative estimate of drug-likeness (QED) is 0.470. The minimum absolute atomic E-state index is 0.243. The number of thioether (sulfide) groups is 1. The molecule has 1 rings (SSSR count). The van der Waals surface area contributed by atoms with E-state index in [0.717, 1.165) is 5.75 Å². The number of carbonyl (C=O) groups excluding carboxylic acids is 1. The van der Waals surface area contributed by atoms with Crippen LogP contribution in [0.2, 0.25) is 0 Å². The van der Waals surface area contributed by atoms with E-state index in [1.54, 1.807) is 6.42 Å². The lowest BCUT2D eigenvalue weighted by Crippen LogP contribution is -1.90. The zero-order chi connectivity index (χ0) is 5.28. The van der Waals surface area contributed by atoms with Crippen molar-refractivity contribution >= 4 is 16.9 Å². The molecule has 7 heavy (non-hydrogen) atoms. The molecule has 1 fully saturated rings. The van der Waals surface area contributed by atoms with Crippen LogP contribution in [0.15, 0.2) is 0 Å². The van der Waals surface area contributed by atoms with Crippen molar-refractivity contribution in [2.24, 2.45) is 5.92 Å². The Morgan fingerprint density at radius 1 is 2.00 bits per heavy atom. The Balaban J connectivity index is 2.40. The van der Waals surface area contributed by atoms with E-state index in [0.29, 0.717) is 5.92 Å². The van der Waals surface area contributed by atoms with E-state index in [1.165, 1.54) is 11.8 Å². The van der Waals surface area contributed by atoms with E-state index >= 15 is 0 Å². The molecule has 0 bridgehead atoms. The number of hydrogen-bond donors (Lipinski definition) is 0. The molecular formula is C5H7OS. The fraction of sp³-hybridized carbons (Fsp3) is 0.600. The van der Waals surface area contributed by atoms with Gasteiger partial charge < -0.3 is 0 Å². The van der Waals surface area contributed by atoms with Gasteiger partial charge in [-0.05, 0) is 5.92 Å². The van der Waals surface area contributed by atoms with Gasteiger partial charge in [0.1, 0.15) is 0 Å². The topological polar surface area (TPSA) is 17.1 Å². The van der Waals surface area contributed by atoms with Crippen LogP contribution in [0.25, 0.3) is 0 Å². The largest absolute Gasteiger partial charge is 0.287 e. The maximum atomic E-state index is 10.4. The number of carbonyl (C=O) groups is 1. The van der Waals surface area contributed by atoms with Gasteiger partial charge in [-0.1, -0.05) is 18.7 Å². The highest BCUT2D eigenvalue weighted by Gasteiger charge is 2.18. The van der Waals surface area contributed by atoms with Gasteiger partial charge in [-0.25, -0.2) is 0 Å². The van der Waals surface area contributed by atoms with Gasteiger partial charge in [0.15, 0.2) is 5.12 Å². The summed E-state index contributed by atoms with van der Waals surface area (Å²) in [6.45, 7) is 2.05. The normalized spacial score (nSPS) is 31.6. The summed E-state index contributed by atoms with van der Waals surface area (Å²) in [7, 11) is 0. The van der Waals surface area contributed by atoms with Gasteiger partial charge in [0, 0.05) is 12.2 Å². The second-order valence-electron chi connectivity index (χ2n) is 1.77. The van der Waals surface area contributed by atoms with Crippen molar-refractivity contribution in [1.82, 2.24) is 0 Å². The van der Waals surface area contributed by atoms with Crippen molar-refractivity contribution in [3.8, 4) is 0 Å². The standard InChI is InChI=1S/C5H7OS/c1-4-2-5(6)7-3-4/h2,4H,3H2,1H3. The molecule has 1 heterocycles. The number of hydrogen-bond acceptors (Lipinski definition) is 2. The molecule has 0 aromatic heterocycles. The number of rotatable bonds is 0. The third kappa shape index (κ3) is 1.20. The van der Waals surface area contributed by atoms with Crippen molar-refractivity contribution in [3.63, 3.8) is 0 Å². The average molecular weight is 115 g/mol. The Morgan fingerprint density at radius 2 is 2.71 bits per heavy atom. The van der Waals surface area contributed by atoms with E-state index < -0.39 is 0 Å². The molecule has 0 saturated carbocycles. The van der Waals surface area contributed by atoms with Gasteiger partial charge in [-0.2, -0.15) is 0 Å². The molecule has 1 aliphatic heterocycles. The Kier molecular flexibility index (Phi) is 1.38. The molecule has 0 spiro atoms. The predicted molar refractivity (Wildman–Crippen MR) is 30.9 cm³/mol. The summed E-state index contributed by atoms with van der Waals surface area (Å²) in [5, 5.41) is 0.243. The zero-order valence-corrected chi connectivity index (χ0v) is 4.99. The lowest BCUT2D eigenvalue weighted by molar-refractivity contribution is -0.108. The lowest BCUT2D eigenvalue weighted by Gasteiger charge is -1.87. The fourth-order valence-corrected chi connectivity index (χ4v) is 1.39. The summed E-state index contributed by atoms with van der Waals surface area (Å²) in [6, 6.07) is 0. The van der Waals surface area contributed by atoms with Crippen LogP contribution in [-0.4, -0.2) is 10.9 Å². The molecule has 1 atom stereocenters. The van der Waals surface area contributed by atoms with Crippen LogP contribution in [0, 0.1) is 12.3 Å². The molecular weight excluding hydrogens is 108 g/mol. The van der Waals surface area contributed by atoms with Crippen molar-refractivity contribution in [1.29, 1.82) is 0 Å². The molecule has 39 valence electrons. The second kappa shape index (κ2) is 1.86. The SMILES string of the molecule is CC1[CH]C(=O)SC1. The third-order valence-electron chi connectivity index (χ3n) is 0.909. The molecule has 1 unspecified atom stereocenters. The summed E-state index contributed by atoms with van der Waals surface area (Å²) in [5.41, 5.74) is 0. The molecule has 2 heteroatoms. The van der Waals surface area contributed by atoms with Crippen LogP contribution in [0.4, 0.5) is 0 Å². The van der Waals surface area contributed by atoms with Crippen molar-refractivity contribution in [3.05, 3.63) is 6.42 Å². The van der Waals surface area contributed by atoms with Crippen molar-refractivity contribution < 1.29 is 4.79 Å². The first-order valence-electron chi connectivity index (χ1n) is 2.30. The summed E-state index contributed by atoms with van der Waals surface area (Å²) in [5.74, 6) is 1.50. The summed E-state index contributed by atoms with van der Waals surface area (Å²) < 4.78 is 0. The van der Waals surface area contributed by atoms with E-state index in [9.17, 15) is 4.79 Å². The second-order valence-corrected chi connectivity index (χ2v) is 2.80.